The highest BCUT2D eigenvalue weighted by atomic mass is 79.9. The molecule has 0 fully saturated rings. The summed E-state index contributed by atoms with van der Waals surface area (Å²) in [6.45, 7) is 1.94. The predicted octanol–water partition coefficient (Wildman–Crippen LogP) is 1.24. The topological polar surface area (TPSA) is 72.2 Å². The number of aromatic amines is 1. The van der Waals surface area contributed by atoms with Crippen LogP contribution in [0.1, 0.15) is 5.56 Å². The predicted molar refractivity (Wildman–Crippen MR) is 73.8 cm³/mol. The zero-order valence-corrected chi connectivity index (χ0v) is 11.5. The fraction of sp³-hybridized carbons (Fsp3) is 0.0833. The van der Waals surface area contributed by atoms with Crippen LogP contribution in [0.5, 0.6) is 0 Å². The Labute approximate surface area is 115 Å². The molecule has 2 aromatic heterocycles. The summed E-state index contributed by atoms with van der Waals surface area (Å²) in [5, 5.41) is 5.98. The van der Waals surface area contributed by atoms with Crippen LogP contribution >= 0.6 is 15.9 Å². The standard InChI is InChI=1S/C12H9BrN4O2/c1-7-6-8(2-3-9(7)13)16-4-5-17-10(11(16)18)14-15-12(17)19/h2-6H,1H3,(H,15,19). The summed E-state index contributed by atoms with van der Waals surface area (Å²) in [5.41, 5.74) is 1.05. The molecule has 0 saturated heterocycles. The number of nitrogens with one attached hydrogen (secondary N) is 1. The van der Waals surface area contributed by atoms with E-state index in [1.165, 1.54) is 15.2 Å². The molecule has 0 unspecified atom stereocenters. The van der Waals surface area contributed by atoms with Crippen molar-refractivity contribution in [3.05, 3.63) is 61.5 Å². The SMILES string of the molecule is Cc1cc(-n2ccn3c(=O)[nH]nc3c2=O)ccc1Br. The first kappa shape index (κ1) is 11.9. The van der Waals surface area contributed by atoms with Gasteiger partial charge in [0.25, 0.3) is 0 Å². The molecular formula is C12H9BrN4O2. The van der Waals surface area contributed by atoms with Gasteiger partial charge < -0.3 is 0 Å². The maximum absolute atomic E-state index is 12.2. The molecule has 2 heterocycles. The molecule has 0 aliphatic carbocycles. The Morgan fingerprint density at radius 2 is 2.05 bits per heavy atom. The number of halogens is 1. The van der Waals surface area contributed by atoms with Crippen LogP contribution in [0.25, 0.3) is 11.3 Å². The summed E-state index contributed by atoms with van der Waals surface area (Å²) in [7, 11) is 0. The van der Waals surface area contributed by atoms with E-state index in [-0.39, 0.29) is 11.2 Å². The Bertz CT molecular complexity index is 891. The number of H-pyrrole nitrogens is 1. The maximum atomic E-state index is 12.2. The van der Waals surface area contributed by atoms with Gasteiger partial charge in [0.05, 0.1) is 0 Å². The summed E-state index contributed by atoms with van der Waals surface area (Å²) in [6, 6.07) is 5.57. The van der Waals surface area contributed by atoms with E-state index in [0.29, 0.717) is 0 Å². The van der Waals surface area contributed by atoms with Gasteiger partial charge in [-0.25, -0.2) is 14.3 Å². The monoisotopic (exact) mass is 320 g/mol. The Morgan fingerprint density at radius 1 is 1.26 bits per heavy atom. The van der Waals surface area contributed by atoms with Crippen LogP contribution in [0.15, 0.2) is 44.7 Å². The molecule has 1 aromatic carbocycles. The van der Waals surface area contributed by atoms with Gasteiger partial charge in [0, 0.05) is 22.6 Å². The molecule has 0 aliphatic rings. The Kier molecular flexibility index (Phi) is 2.63. The first-order valence-electron chi connectivity index (χ1n) is 5.53. The molecule has 19 heavy (non-hydrogen) atoms. The van der Waals surface area contributed by atoms with Gasteiger partial charge in [-0.15, -0.1) is 5.10 Å². The van der Waals surface area contributed by atoms with Crippen LogP contribution in [-0.4, -0.2) is 19.2 Å². The van der Waals surface area contributed by atoms with E-state index >= 15 is 0 Å². The van der Waals surface area contributed by atoms with Crippen molar-refractivity contribution in [1.29, 1.82) is 0 Å². The molecule has 7 heteroatoms. The number of hydrogen-bond donors (Lipinski definition) is 1. The molecule has 0 spiro atoms. The largest absolute Gasteiger partial charge is 0.347 e. The zero-order valence-electron chi connectivity index (χ0n) is 9.92. The third kappa shape index (κ3) is 1.82. The summed E-state index contributed by atoms with van der Waals surface area (Å²) in [6.07, 6.45) is 3.06. The molecule has 0 bridgehead atoms. The summed E-state index contributed by atoms with van der Waals surface area (Å²) in [4.78, 5) is 23.6. The van der Waals surface area contributed by atoms with Crippen molar-refractivity contribution in [2.75, 3.05) is 0 Å². The molecule has 3 rings (SSSR count). The Hall–Kier alpha value is -2.15. The van der Waals surface area contributed by atoms with Gasteiger partial charge in [0.1, 0.15) is 0 Å². The minimum absolute atomic E-state index is 0.0769. The van der Waals surface area contributed by atoms with Crippen molar-refractivity contribution in [2.45, 2.75) is 6.92 Å². The number of benzene rings is 1. The van der Waals surface area contributed by atoms with Crippen LogP contribution < -0.4 is 11.2 Å². The number of fused-ring (bicyclic) bond motifs is 1. The Morgan fingerprint density at radius 3 is 2.79 bits per heavy atom. The second-order valence-electron chi connectivity index (χ2n) is 4.13. The van der Waals surface area contributed by atoms with Gasteiger partial charge in [-0.2, -0.15) is 0 Å². The van der Waals surface area contributed by atoms with Crippen LogP contribution in [0.4, 0.5) is 0 Å². The molecule has 0 amide bonds. The molecule has 0 aliphatic heterocycles. The second-order valence-corrected chi connectivity index (χ2v) is 4.98. The van der Waals surface area contributed by atoms with Crippen molar-refractivity contribution in [1.82, 2.24) is 19.2 Å². The van der Waals surface area contributed by atoms with E-state index in [0.717, 1.165) is 15.7 Å². The second kappa shape index (κ2) is 4.20. The van der Waals surface area contributed by atoms with Gasteiger partial charge in [-0.05, 0) is 30.7 Å². The molecule has 96 valence electrons. The normalized spacial score (nSPS) is 11.1. The summed E-state index contributed by atoms with van der Waals surface area (Å²) < 4.78 is 3.61. The third-order valence-corrected chi connectivity index (χ3v) is 3.79. The van der Waals surface area contributed by atoms with Crippen molar-refractivity contribution < 1.29 is 0 Å². The maximum Gasteiger partial charge on any atom is 0.347 e. The summed E-state index contributed by atoms with van der Waals surface area (Å²) in [5.74, 6) is 0. The van der Waals surface area contributed by atoms with E-state index in [9.17, 15) is 9.59 Å². The first-order valence-corrected chi connectivity index (χ1v) is 6.32. The van der Waals surface area contributed by atoms with Gasteiger partial charge in [0.15, 0.2) is 0 Å². The minimum Gasteiger partial charge on any atom is -0.280 e. The molecule has 0 atom stereocenters. The molecule has 3 aromatic rings. The number of nitrogens with zero attached hydrogens (tertiary/aromatic N) is 3. The first-order chi connectivity index (χ1) is 9.08. The highest BCUT2D eigenvalue weighted by Gasteiger charge is 2.09. The number of aromatic nitrogens is 4. The fourth-order valence-corrected chi connectivity index (χ4v) is 2.13. The lowest BCUT2D eigenvalue weighted by molar-refractivity contribution is 0.937. The Balaban J connectivity index is 2.31. The lowest BCUT2D eigenvalue weighted by Crippen LogP contribution is -2.22. The van der Waals surface area contributed by atoms with Gasteiger partial charge in [-0.3, -0.25) is 9.36 Å². The number of hydrogen-bond acceptors (Lipinski definition) is 3. The molecule has 1 N–H and O–H groups in total. The van der Waals surface area contributed by atoms with E-state index in [1.54, 1.807) is 6.20 Å². The van der Waals surface area contributed by atoms with Crippen LogP contribution in [-0.2, 0) is 0 Å². The van der Waals surface area contributed by atoms with Gasteiger partial charge >= 0.3 is 11.2 Å². The van der Waals surface area contributed by atoms with E-state index in [2.05, 4.69) is 26.1 Å². The van der Waals surface area contributed by atoms with Crippen LogP contribution in [0, 0.1) is 6.92 Å². The summed E-state index contributed by atoms with van der Waals surface area (Å²) >= 11 is 3.41. The smallest absolute Gasteiger partial charge is 0.280 e. The lowest BCUT2D eigenvalue weighted by atomic mass is 10.2. The third-order valence-electron chi connectivity index (χ3n) is 2.90. The van der Waals surface area contributed by atoms with E-state index in [4.69, 9.17) is 0 Å². The molecule has 0 saturated carbocycles. The van der Waals surface area contributed by atoms with Gasteiger partial charge in [0.2, 0.25) is 5.65 Å². The van der Waals surface area contributed by atoms with E-state index in [1.807, 2.05) is 25.1 Å². The molecule has 0 radical (unpaired) electrons. The quantitative estimate of drug-likeness (QED) is 0.733. The van der Waals surface area contributed by atoms with Crippen molar-refractivity contribution in [2.24, 2.45) is 0 Å². The lowest BCUT2D eigenvalue weighted by Gasteiger charge is -2.07. The fourth-order valence-electron chi connectivity index (χ4n) is 1.88. The number of aryl methyl sites for hydroxylation is 1. The zero-order chi connectivity index (χ0) is 13.6. The van der Waals surface area contributed by atoms with E-state index < -0.39 is 5.69 Å². The van der Waals surface area contributed by atoms with Crippen LogP contribution in [0.3, 0.4) is 0 Å². The van der Waals surface area contributed by atoms with Crippen LogP contribution in [0.2, 0.25) is 0 Å². The minimum atomic E-state index is -0.425. The van der Waals surface area contributed by atoms with Crippen molar-refractivity contribution in [3.8, 4) is 5.69 Å². The molecular weight excluding hydrogens is 312 g/mol. The highest BCUT2D eigenvalue weighted by molar-refractivity contribution is 9.10. The average Bonchev–Trinajstić information content (AvgIpc) is 2.76. The average molecular weight is 321 g/mol. The number of rotatable bonds is 1. The highest BCUT2D eigenvalue weighted by Crippen LogP contribution is 2.18. The van der Waals surface area contributed by atoms with Crippen molar-refractivity contribution in [3.63, 3.8) is 0 Å². The van der Waals surface area contributed by atoms with Crippen molar-refractivity contribution >= 4 is 21.6 Å². The molecule has 6 nitrogen and oxygen atoms in total. The van der Waals surface area contributed by atoms with Gasteiger partial charge in [-0.1, -0.05) is 15.9 Å².